The Bertz CT molecular complexity index is 312. The highest BCUT2D eigenvalue weighted by Gasteiger charge is 2.47. The molecule has 1 rings (SSSR count). The highest BCUT2D eigenvalue weighted by molar-refractivity contribution is 5.17. The molecule has 1 atom stereocenters. The third kappa shape index (κ3) is 4.78. The van der Waals surface area contributed by atoms with Crippen LogP contribution in [0.3, 0.4) is 0 Å². The molecule has 0 aromatic rings. The van der Waals surface area contributed by atoms with Gasteiger partial charge in [-0.15, -0.1) is 0 Å². The monoisotopic (exact) mass is 265 g/mol. The molecule has 1 aliphatic rings. The van der Waals surface area contributed by atoms with Crippen molar-refractivity contribution >= 4 is 0 Å². The molecule has 0 spiro atoms. The van der Waals surface area contributed by atoms with Crippen molar-refractivity contribution in [3.63, 3.8) is 0 Å². The van der Waals surface area contributed by atoms with Crippen LogP contribution in [0.1, 0.15) is 54.4 Å². The number of rotatable bonds is 8. The Morgan fingerprint density at radius 3 is 2.11 bits per heavy atom. The molecule has 0 aliphatic heterocycles. The molecule has 19 heavy (non-hydrogen) atoms. The molecule has 1 unspecified atom stereocenters. The van der Waals surface area contributed by atoms with Gasteiger partial charge in [0.15, 0.2) is 0 Å². The summed E-state index contributed by atoms with van der Waals surface area (Å²) in [5, 5.41) is 13.3. The Labute approximate surface area is 119 Å². The number of nitrogens with zero attached hydrogens (tertiary/aromatic N) is 2. The number of nitrogens with one attached hydrogen (secondary N) is 1. The van der Waals surface area contributed by atoms with E-state index in [1.165, 1.54) is 12.8 Å². The zero-order chi connectivity index (χ0) is 14.6. The molecule has 0 heterocycles. The lowest BCUT2D eigenvalue weighted by atomic mass is 9.92. The Morgan fingerprint density at radius 2 is 1.79 bits per heavy atom. The van der Waals surface area contributed by atoms with Crippen LogP contribution in [0.25, 0.3) is 0 Å². The second kappa shape index (κ2) is 6.72. The third-order valence-corrected chi connectivity index (χ3v) is 3.80. The molecule has 110 valence electrons. The highest BCUT2D eigenvalue weighted by atomic mass is 15.2. The fourth-order valence-corrected chi connectivity index (χ4v) is 2.79. The summed E-state index contributed by atoms with van der Waals surface area (Å²) in [6.45, 7) is 15.1. The Balaban J connectivity index is 2.82. The fraction of sp³-hybridized carbons (Fsp3) is 0.938. The van der Waals surface area contributed by atoms with Gasteiger partial charge in [0.25, 0.3) is 0 Å². The van der Waals surface area contributed by atoms with Gasteiger partial charge in [0.1, 0.15) is 5.54 Å². The zero-order valence-corrected chi connectivity index (χ0v) is 13.5. The van der Waals surface area contributed by atoms with Crippen molar-refractivity contribution < 1.29 is 0 Å². The summed E-state index contributed by atoms with van der Waals surface area (Å²) in [4.78, 5) is 2.46. The van der Waals surface area contributed by atoms with Gasteiger partial charge >= 0.3 is 0 Å². The first kappa shape index (κ1) is 16.5. The topological polar surface area (TPSA) is 39.1 Å². The molecule has 1 fully saturated rings. The van der Waals surface area contributed by atoms with Crippen LogP contribution in [0.2, 0.25) is 0 Å². The Morgan fingerprint density at radius 1 is 1.21 bits per heavy atom. The van der Waals surface area contributed by atoms with E-state index in [9.17, 15) is 5.26 Å². The van der Waals surface area contributed by atoms with E-state index in [0.29, 0.717) is 23.9 Å². The number of hydrogen-bond donors (Lipinski definition) is 1. The maximum Gasteiger partial charge on any atom is 0.122 e. The van der Waals surface area contributed by atoms with Crippen molar-refractivity contribution in [3.8, 4) is 6.07 Å². The van der Waals surface area contributed by atoms with Crippen LogP contribution in [0.15, 0.2) is 0 Å². The summed E-state index contributed by atoms with van der Waals surface area (Å²) in [5.41, 5.74) is -0.354. The fourth-order valence-electron chi connectivity index (χ4n) is 2.79. The standard InChI is InChI=1S/C16H31N3/c1-12(2)9-19(14(5)6)11-16(10-17,15-7-8-15)18-13(3)4/h12-15,18H,7-9,11H2,1-6H3. The van der Waals surface area contributed by atoms with Crippen molar-refractivity contribution in [2.24, 2.45) is 11.8 Å². The quantitative estimate of drug-likeness (QED) is 0.733. The van der Waals surface area contributed by atoms with E-state index in [-0.39, 0.29) is 5.54 Å². The van der Waals surface area contributed by atoms with E-state index < -0.39 is 0 Å². The van der Waals surface area contributed by atoms with Gasteiger partial charge in [-0.1, -0.05) is 13.8 Å². The van der Waals surface area contributed by atoms with Crippen LogP contribution >= 0.6 is 0 Å². The van der Waals surface area contributed by atoms with Gasteiger partial charge in [0, 0.05) is 25.2 Å². The van der Waals surface area contributed by atoms with Crippen LogP contribution in [0.5, 0.6) is 0 Å². The summed E-state index contributed by atoms with van der Waals surface area (Å²) < 4.78 is 0. The summed E-state index contributed by atoms with van der Waals surface area (Å²) in [6, 6.07) is 3.46. The summed E-state index contributed by atoms with van der Waals surface area (Å²) in [7, 11) is 0. The van der Waals surface area contributed by atoms with Gasteiger partial charge in [-0.05, 0) is 52.4 Å². The van der Waals surface area contributed by atoms with Crippen LogP contribution in [-0.4, -0.2) is 35.6 Å². The minimum absolute atomic E-state index is 0.354. The van der Waals surface area contributed by atoms with Crippen LogP contribution in [0, 0.1) is 23.2 Å². The maximum atomic E-state index is 9.76. The Hall–Kier alpha value is -0.590. The highest BCUT2D eigenvalue weighted by Crippen LogP contribution is 2.40. The normalized spacial score (nSPS) is 19.2. The average molecular weight is 265 g/mol. The predicted octanol–water partition coefficient (Wildman–Crippen LogP) is 3.02. The molecular formula is C16H31N3. The van der Waals surface area contributed by atoms with E-state index in [1.54, 1.807) is 0 Å². The molecular weight excluding hydrogens is 234 g/mol. The number of nitriles is 1. The van der Waals surface area contributed by atoms with Gasteiger partial charge in [-0.2, -0.15) is 5.26 Å². The molecule has 0 bridgehead atoms. The van der Waals surface area contributed by atoms with E-state index in [0.717, 1.165) is 13.1 Å². The molecule has 1 aliphatic carbocycles. The number of hydrogen-bond acceptors (Lipinski definition) is 3. The van der Waals surface area contributed by atoms with E-state index >= 15 is 0 Å². The van der Waals surface area contributed by atoms with Gasteiger partial charge < -0.3 is 0 Å². The summed E-state index contributed by atoms with van der Waals surface area (Å²) >= 11 is 0. The smallest absolute Gasteiger partial charge is 0.122 e. The first-order valence-corrected chi connectivity index (χ1v) is 7.73. The molecule has 3 heteroatoms. The minimum Gasteiger partial charge on any atom is -0.298 e. The minimum atomic E-state index is -0.354. The van der Waals surface area contributed by atoms with Crippen LogP contribution in [0.4, 0.5) is 0 Å². The first-order valence-electron chi connectivity index (χ1n) is 7.73. The van der Waals surface area contributed by atoms with Crippen molar-refractivity contribution in [2.45, 2.75) is 72.0 Å². The summed E-state index contributed by atoms with van der Waals surface area (Å²) in [5.74, 6) is 1.17. The molecule has 0 radical (unpaired) electrons. The van der Waals surface area contributed by atoms with Gasteiger partial charge in [0.05, 0.1) is 6.07 Å². The average Bonchev–Trinajstić information content (AvgIpc) is 3.09. The summed E-state index contributed by atoms with van der Waals surface area (Å²) in [6.07, 6.45) is 2.39. The molecule has 0 amide bonds. The Kier molecular flexibility index (Phi) is 5.82. The van der Waals surface area contributed by atoms with Crippen LogP contribution in [-0.2, 0) is 0 Å². The van der Waals surface area contributed by atoms with E-state index in [1.807, 2.05) is 0 Å². The van der Waals surface area contributed by atoms with Gasteiger partial charge in [0.2, 0.25) is 0 Å². The maximum absolute atomic E-state index is 9.76. The van der Waals surface area contributed by atoms with Crippen molar-refractivity contribution in [2.75, 3.05) is 13.1 Å². The lowest BCUT2D eigenvalue weighted by Gasteiger charge is -2.38. The van der Waals surface area contributed by atoms with Crippen LogP contribution < -0.4 is 5.32 Å². The molecule has 3 nitrogen and oxygen atoms in total. The van der Waals surface area contributed by atoms with E-state index in [2.05, 4.69) is 57.8 Å². The van der Waals surface area contributed by atoms with E-state index in [4.69, 9.17) is 0 Å². The van der Waals surface area contributed by atoms with Crippen molar-refractivity contribution in [3.05, 3.63) is 0 Å². The molecule has 0 aromatic heterocycles. The van der Waals surface area contributed by atoms with Crippen molar-refractivity contribution in [1.29, 1.82) is 5.26 Å². The predicted molar refractivity (Wildman–Crippen MR) is 80.9 cm³/mol. The lowest BCUT2D eigenvalue weighted by Crippen LogP contribution is -2.58. The van der Waals surface area contributed by atoms with Gasteiger partial charge in [-0.25, -0.2) is 0 Å². The molecule has 1 saturated carbocycles. The lowest BCUT2D eigenvalue weighted by molar-refractivity contribution is 0.141. The largest absolute Gasteiger partial charge is 0.298 e. The van der Waals surface area contributed by atoms with Gasteiger partial charge in [-0.3, -0.25) is 10.2 Å². The molecule has 0 saturated heterocycles. The second-order valence-electron chi connectivity index (χ2n) is 7.07. The first-order chi connectivity index (χ1) is 8.80. The third-order valence-electron chi connectivity index (χ3n) is 3.80. The van der Waals surface area contributed by atoms with Crippen molar-refractivity contribution in [1.82, 2.24) is 10.2 Å². The molecule has 1 N–H and O–H groups in total. The molecule has 0 aromatic carbocycles. The zero-order valence-electron chi connectivity index (χ0n) is 13.5. The SMILES string of the molecule is CC(C)CN(CC(C#N)(NC(C)C)C1CC1)C(C)C. The second-order valence-corrected chi connectivity index (χ2v) is 7.07.